The molecule has 0 spiro atoms. The standard InChI is InChI=1S/C21H20ClN3O/c22-17-6-4-14(5-7-17)10-15-2-1-3-16(11-15)21(26)24-19-12-18-8-9-20(19)25(18)13-23/h1-7,11,18-20H,8-10,12H2,(H,24,26)/t18-,19+,20+/m0/s1. The fourth-order valence-corrected chi connectivity index (χ4v) is 4.34. The van der Waals surface area contributed by atoms with Gasteiger partial charge in [0.25, 0.3) is 5.91 Å². The van der Waals surface area contributed by atoms with Crippen LogP contribution in [0.3, 0.4) is 0 Å². The molecule has 0 aromatic heterocycles. The third-order valence-electron chi connectivity index (χ3n) is 5.48. The molecule has 132 valence electrons. The monoisotopic (exact) mass is 365 g/mol. The summed E-state index contributed by atoms with van der Waals surface area (Å²) in [7, 11) is 0. The van der Waals surface area contributed by atoms with Crippen molar-refractivity contribution in [1.29, 1.82) is 5.26 Å². The summed E-state index contributed by atoms with van der Waals surface area (Å²) in [5.74, 6) is -0.0570. The molecule has 2 aliphatic rings. The van der Waals surface area contributed by atoms with Crippen LogP contribution < -0.4 is 5.32 Å². The van der Waals surface area contributed by atoms with Gasteiger partial charge >= 0.3 is 0 Å². The lowest BCUT2D eigenvalue weighted by atomic mass is 9.95. The summed E-state index contributed by atoms with van der Waals surface area (Å²) < 4.78 is 0. The number of hydrogen-bond donors (Lipinski definition) is 1. The molecule has 2 aliphatic heterocycles. The Hall–Kier alpha value is -2.51. The maximum Gasteiger partial charge on any atom is 0.251 e. The molecule has 2 aromatic carbocycles. The zero-order valence-corrected chi connectivity index (χ0v) is 15.1. The molecule has 0 saturated carbocycles. The number of halogens is 1. The van der Waals surface area contributed by atoms with Gasteiger partial charge in [-0.25, -0.2) is 0 Å². The summed E-state index contributed by atoms with van der Waals surface area (Å²) >= 11 is 5.93. The Morgan fingerprint density at radius 1 is 1.19 bits per heavy atom. The SMILES string of the molecule is N#CN1[C@H]2CC[C@@H]1[C@H](NC(=O)c1cccc(Cc3ccc(Cl)cc3)c1)C2. The van der Waals surface area contributed by atoms with Crippen molar-refractivity contribution in [2.75, 3.05) is 0 Å². The van der Waals surface area contributed by atoms with Crippen LogP contribution in [0, 0.1) is 11.5 Å². The first kappa shape index (κ1) is 16.9. The second kappa shape index (κ2) is 7.01. The molecular weight excluding hydrogens is 346 g/mol. The average Bonchev–Trinajstić information content (AvgIpc) is 3.20. The van der Waals surface area contributed by atoms with Crippen LogP contribution in [0.5, 0.6) is 0 Å². The van der Waals surface area contributed by atoms with E-state index >= 15 is 0 Å². The van der Waals surface area contributed by atoms with Crippen molar-refractivity contribution in [1.82, 2.24) is 10.2 Å². The molecule has 4 nitrogen and oxygen atoms in total. The van der Waals surface area contributed by atoms with Crippen molar-refractivity contribution in [2.45, 2.75) is 43.8 Å². The van der Waals surface area contributed by atoms with E-state index in [9.17, 15) is 10.1 Å². The molecule has 2 fully saturated rings. The number of rotatable bonds is 4. The number of hydrogen-bond acceptors (Lipinski definition) is 3. The van der Waals surface area contributed by atoms with Crippen LogP contribution in [0.25, 0.3) is 0 Å². The molecule has 1 amide bonds. The molecule has 2 bridgehead atoms. The van der Waals surface area contributed by atoms with E-state index in [-0.39, 0.29) is 18.0 Å². The van der Waals surface area contributed by atoms with Gasteiger partial charge in [-0.05, 0) is 61.1 Å². The van der Waals surface area contributed by atoms with Crippen LogP contribution in [0.4, 0.5) is 0 Å². The maximum absolute atomic E-state index is 12.7. The summed E-state index contributed by atoms with van der Waals surface area (Å²) in [6, 6.07) is 16.0. The predicted octanol–water partition coefficient (Wildman–Crippen LogP) is 3.75. The van der Waals surface area contributed by atoms with Gasteiger partial charge in [-0.15, -0.1) is 0 Å². The van der Waals surface area contributed by atoms with Gasteiger partial charge in [0.1, 0.15) is 0 Å². The molecule has 2 saturated heterocycles. The third-order valence-corrected chi connectivity index (χ3v) is 5.73. The Kier molecular flexibility index (Phi) is 4.57. The lowest BCUT2D eigenvalue weighted by Crippen LogP contribution is -2.43. The third kappa shape index (κ3) is 3.27. The minimum Gasteiger partial charge on any atom is -0.347 e. The molecule has 1 N–H and O–H groups in total. The molecule has 0 unspecified atom stereocenters. The summed E-state index contributed by atoms with van der Waals surface area (Å²) in [5, 5.41) is 13.1. The number of fused-ring (bicyclic) bond motifs is 2. The lowest BCUT2D eigenvalue weighted by molar-refractivity contribution is 0.0928. The minimum absolute atomic E-state index is 0.0570. The van der Waals surface area contributed by atoms with Gasteiger partial charge in [-0.2, -0.15) is 5.26 Å². The molecule has 3 atom stereocenters. The van der Waals surface area contributed by atoms with E-state index in [2.05, 4.69) is 11.5 Å². The fourth-order valence-electron chi connectivity index (χ4n) is 4.21. The van der Waals surface area contributed by atoms with Crippen LogP contribution in [0.15, 0.2) is 48.5 Å². The largest absolute Gasteiger partial charge is 0.347 e. The van der Waals surface area contributed by atoms with Gasteiger partial charge < -0.3 is 10.2 Å². The van der Waals surface area contributed by atoms with E-state index in [4.69, 9.17) is 11.6 Å². The quantitative estimate of drug-likeness (QED) is 0.839. The van der Waals surface area contributed by atoms with Gasteiger partial charge in [0, 0.05) is 16.6 Å². The van der Waals surface area contributed by atoms with E-state index < -0.39 is 0 Å². The zero-order valence-electron chi connectivity index (χ0n) is 14.4. The highest BCUT2D eigenvalue weighted by atomic mass is 35.5. The highest BCUT2D eigenvalue weighted by molar-refractivity contribution is 6.30. The number of carbonyl (C=O) groups is 1. The normalized spacial score (nSPS) is 23.7. The summed E-state index contributed by atoms with van der Waals surface area (Å²) in [4.78, 5) is 14.6. The summed E-state index contributed by atoms with van der Waals surface area (Å²) in [6.45, 7) is 0. The first-order valence-corrected chi connectivity index (χ1v) is 9.34. The van der Waals surface area contributed by atoms with Crippen LogP contribution in [0.2, 0.25) is 5.02 Å². The fraction of sp³-hybridized carbons (Fsp3) is 0.333. The van der Waals surface area contributed by atoms with Gasteiger partial charge in [-0.1, -0.05) is 35.9 Å². The number of carbonyl (C=O) groups excluding carboxylic acids is 1. The molecule has 2 heterocycles. The topological polar surface area (TPSA) is 56.1 Å². The smallest absolute Gasteiger partial charge is 0.251 e. The number of nitrogens with one attached hydrogen (secondary N) is 1. The molecule has 26 heavy (non-hydrogen) atoms. The predicted molar refractivity (Wildman–Crippen MR) is 101 cm³/mol. The van der Waals surface area contributed by atoms with Crippen LogP contribution in [-0.4, -0.2) is 28.9 Å². The van der Waals surface area contributed by atoms with Crippen molar-refractivity contribution in [3.63, 3.8) is 0 Å². The van der Waals surface area contributed by atoms with Gasteiger partial charge in [0.05, 0.1) is 12.1 Å². The number of amides is 1. The van der Waals surface area contributed by atoms with Crippen LogP contribution >= 0.6 is 11.6 Å². The van der Waals surface area contributed by atoms with E-state index in [0.717, 1.165) is 41.8 Å². The molecule has 5 heteroatoms. The Morgan fingerprint density at radius 2 is 2.00 bits per heavy atom. The van der Waals surface area contributed by atoms with E-state index in [1.807, 2.05) is 53.4 Å². The minimum atomic E-state index is -0.0570. The highest BCUT2D eigenvalue weighted by Crippen LogP contribution is 2.37. The second-order valence-electron chi connectivity index (χ2n) is 7.13. The molecule has 2 aromatic rings. The summed E-state index contributed by atoms with van der Waals surface area (Å²) in [5.41, 5.74) is 2.92. The Bertz CT molecular complexity index is 858. The number of nitrogens with zero attached hydrogens (tertiary/aromatic N) is 2. The Balaban J connectivity index is 1.44. The average molecular weight is 366 g/mol. The maximum atomic E-state index is 12.7. The van der Waals surface area contributed by atoms with E-state index in [0.29, 0.717) is 11.6 Å². The van der Waals surface area contributed by atoms with Gasteiger partial charge in [-0.3, -0.25) is 4.79 Å². The van der Waals surface area contributed by atoms with Crippen LogP contribution in [0.1, 0.15) is 40.7 Å². The van der Waals surface area contributed by atoms with E-state index in [1.54, 1.807) is 0 Å². The van der Waals surface area contributed by atoms with Gasteiger partial charge in [0.15, 0.2) is 6.19 Å². The first-order chi connectivity index (χ1) is 12.6. The van der Waals surface area contributed by atoms with Gasteiger partial charge in [0.2, 0.25) is 0 Å². The molecule has 4 rings (SSSR count). The van der Waals surface area contributed by atoms with Crippen molar-refractivity contribution in [3.8, 4) is 6.19 Å². The van der Waals surface area contributed by atoms with Crippen LogP contribution in [-0.2, 0) is 6.42 Å². The Labute approximate surface area is 158 Å². The zero-order chi connectivity index (χ0) is 18.1. The highest BCUT2D eigenvalue weighted by Gasteiger charge is 2.46. The number of nitriles is 1. The molecule has 0 radical (unpaired) electrons. The van der Waals surface area contributed by atoms with Crippen molar-refractivity contribution < 1.29 is 4.79 Å². The Morgan fingerprint density at radius 3 is 2.73 bits per heavy atom. The molecule has 0 aliphatic carbocycles. The van der Waals surface area contributed by atoms with E-state index in [1.165, 1.54) is 0 Å². The first-order valence-electron chi connectivity index (χ1n) is 8.96. The van der Waals surface area contributed by atoms with Crippen molar-refractivity contribution >= 4 is 17.5 Å². The van der Waals surface area contributed by atoms with Crippen molar-refractivity contribution in [3.05, 3.63) is 70.2 Å². The van der Waals surface area contributed by atoms with Crippen molar-refractivity contribution in [2.24, 2.45) is 0 Å². The number of benzene rings is 2. The second-order valence-corrected chi connectivity index (χ2v) is 7.56. The molecular formula is C21H20ClN3O. The summed E-state index contributed by atoms with van der Waals surface area (Å²) in [6.07, 6.45) is 5.95. The lowest BCUT2D eigenvalue weighted by Gasteiger charge is -2.22.